The summed E-state index contributed by atoms with van der Waals surface area (Å²) in [6.07, 6.45) is 1.34. The fraction of sp³-hybridized carbons (Fsp3) is 0.0588. The number of carboxylic acid groups (broad SMARTS) is 1. The highest BCUT2D eigenvalue weighted by Crippen LogP contribution is 2.33. The van der Waals surface area contributed by atoms with Crippen LogP contribution in [0.5, 0.6) is 11.5 Å². The van der Waals surface area contributed by atoms with Gasteiger partial charge in [-0.2, -0.15) is 0 Å². The molecule has 3 aromatic rings. The standard InChI is InChI=1S/C17H11NO5/c19-16-12-4-2-1-3-11(12)13(17(20)21)8-18(16)10-5-6-14-15(7-10)23-9-22-14/h1-8H,9H2,(H,20,21). The molecule has 1 aliphatic rings. The van der Waals surface area contributed by atoms with Gasteiger partial charge in [-0.15, -0.1) is 0 Å². The molecule has 4 rings (SSSR count). The Balaban J connectivity index is 2.02. The molecule has 0 spiro atoms. The average molecular weight is 309 g/mol. The number of hydrogen-bond donors (Lipinski definition) is 1. The number of fused-ring (bicyclic) bond motifs is 2. The summed E-state index contributed by atoms with van der Waals surface area (Å²) in [4.78, 5) is 24.2. The minimum Gasteiger partial charge on any atom is -0.478 e. The molecular weight excluding hydrogens is 298 g/mol. The maximum absolute atomic E-state index is 12.7. The minimum atomic E-state index is -1.09. The highest BCUT2D eigenvalue weighted by molar-refractivity contribution is 6.03. The van der Waals surface area contributed by atoms with Crippen molar-refractivity contribution in [1.82, 2.24) is 4.57 Å². The van der Waals surface area contributed by atoms with Crippen LogP contribution < -0.4 is 15.0 Å². The number of carbonyl (C=O) groups is 1. The van der Waals surface area contributed by atoms with E-state index in [0.717, 1.165) is 0 Å². The van der Waals surface area contributed by atoms with E-state index in [1.165, 1.54) is 10.8 Å². The van der Waals surface area contributed by atoms with Gasteiger partial charge in [-0.05, 0) is 18.2 Å². The van der Waals surface area contributed by atoms with Crippen LogP contribution >= 0.6 is 0 Å². The summed E-state index contributed by atoms with van der Waals surface area (Å²) in [7, 11) is 0. The molecule has 6 heteroatoms. The zero-order valence-electron chi connectivity index (χ0n) is 11.9. The lowest BCUT2D eigenvalue weighted by atomic mass is 10.1. The molecule has 0 saturated heterocycles. The fourth-order valence-electron chi connectivity index (χ4n) is 2.69. The third-order valence-corrected chi connectivity index (χ3v) is 3.79. The van der Waals surface area contributed by atoms with Gasteiger partial charge in [-0.1, -0.05) is 18.2 Å². The molecule has 0 radical (unpaired) electrons. The van der Waals surface area contributed by atoms with Crippen LogP contribution in [-0.2, 0) is 0 Å². The number of ether oxygens (including phenoxy) is 2. The quantitative estimate of drug-likeness (QED) is 0.786. The third-order valence-electron chi connectivity index (χ3n) is 3.79. The van der Waals surface area contributed by atoms with Crippen molar-refractivity contribution in [2.45, 2.75) is 0 Å². The van der Waals surface area contributed by atoms with Gasteiger partial charge >= 0.3 is 5.97 Å². The van der Waals surface area contributed by atoms with E-state index in [4.69, 9.17) is 9.47 Å². The molecule has 6 nitrogen and oxygen atoms in total. The van der Waals surface area contributed by atoms with Gasteiger partial charge in [0.15, 0.2) is 11.5 Å². The Bertz CT molecular complexity index is 1010. The first kappa shape index (κ1) is 13.4. The Hall–Kier alpha value is -3.28. The number of hydrogen-bond acceptors (Lipinski definition) is 4. The summed E-state index contributed by atoms with van der Waals surface area (Å²) in [5, 5.41) is 10.2. The molecule has 0 fully saturated rings. The summed E-state index contributed by atoms with van der Waals surface area (Å²) in [5.41, 5.74) is 0.301. The van der Waals surface area contributed by atoms with Crippen LogP contribution in [0, 0.1) is 0 Å². The van der Waals surface area contributed by atoms with Gasteiger partial charge in [-0.3, -0.25) is 9.36 Å². The maximum atomic E-state index is 12.7. The second-order valence-electron chi connectivity index (χ2n) is 5.11. The molecule has 2 heterocycles. The molecule has 0 amide bonds. The van der Waals surface area contributed by atoms with Crippen LogP contribution in [0.2, 0.25) is 0 Å². The molecule has 1 aromatic heterocycles. The van der Waals surface area contributed by atoms with Crippen molar-refractivity contribution in [3.05, 3.63) is 64.6 Å². The molecule has 0 aliphatic carbocycles. The highest BCUT2D eigenvalue weighted by atomic mass is 16.7. The SMILES string of the molecule is O=C(O)c1cn(-c2ccc3c(c2)OCO3)c(=O)c2ccccc12. The van der Waals surface area contributed by atoms with Crippen molar-refractivity contribution in [1.29, 1.82) is 0 Å². The highest BCUT2D eigenvalue weighted by Gasteiger charge is 2.17. The van der Waals surface area contributed by atoms with E-state index >= 15 is 0 Å². The predicted molar refractivity (Wildman–Crippen MR) is 82.6 cm³/mol. The van der Waals surface area contributed by atoms with E-state index in [2.05, 4.69) is 0 Å². The van der Waals surface area contributed by atoms with E-state index in [-0.39, 0.29) is 17.9 Å². The van der Waals surface area contributed by atoms with Crippen molar-refractivity contribution in [2.24, 2.45) is 0 Å². The topological polar surface area (TPSA) is 77.8 Å². The number of benzene rings is 2. The van der Waals surface area contributed by atoms with Crippen LogP contribution in [0.1, 0.15) is 10.4 Å². The molecule has 1 aliphatic heterocycles. The normalized spacial score (nSPS) is 12.5. The second kappa shape index (κ2) is 4.88. The number of aromatic carboxylic acids is 1. The number of nitrogens with zero attached hydrogens (tertiary/aromatic N) is 1. The van der Waals surface area contributed by atoms with E-state index in [1.54, 1.807) is 42.5 Å². The number of pyridine rings is 1. The van der Waals surface area contributed by atoms with Gasteiger partial charge in [-0.25, -0.2) is 4.79 Å². The van der Waals surface area contributed by atoms with Crippen molar-refractivity contribution in [3.8, 4) is 17.2 Å². The molecular formula is C17H11NO5. The Kier molecular flexibility index (Phi) is 2.84. The molecule has 114 valence electrons. The van der Waals surface area contributed by atoms with E-state index in [1.807, 2.05) is 0 Å². The lowest BCUT2D eigenvalue weighted by Crippen LogP contribution is -2.20. The van der Waals surface area contributed by atoms with Crippen molar-refractivity contribution >= 4 is 16.7 Å². The summed E-state index contributed by atoms with van der Waals surface area (Å²) in [5.74, 6) is 0.0381. The first-order valence-corrected chi connectivity index (χ1v) is 6.93. The lowest BCUT2D eigenvalue weighted by Gasteiger charge is -2.10. The van der Waals surface area contributed by atoms with Gasteiger partial charge in [0.1, 0.15) is 0 Å². The van der Waals surface area contributed by atoms with Crippen molar-refractivity contribution in [3.63, 3.8) is 0 Å². The summed E-state index contributed by atoms with van der Waals surface area (Å²) in [6.45, 7) is 0.131. The third kappa shape index (κ3) is 2.03. The molecule has 0 saturated carbocycles. The van der Waals surface area contributed by atoms with Crippen LogP contribution in [-0.4, -0.2) is 22.4 Å². The van der Waals surface area contributed by atoms with Crippen LogP contribution in [0.4, 0.5) is 0 Å². The largest absolute Gasteiger partial charge is 0.478 e. The molecule has 0 unspecified atom stereocenters. The van der Waals surface area contributed by atoms with E-state index in [0.29, 0.717) is 28.0 Å². The summed E-state index contributed by atoms with van der Waals surface area (Å²) >= 11 is 0. The second-order valence-corrected chi connectivity index (χ2v) is 5.11. The van der Waals surface area contributed by atoms with Gasteiger partial charge < -0.3 is 14.6 Å². The van der Waals surface area contributed by atoms with Gasteiger partial charge in [0.05, 0.1) is 11.3 Å². The minimum absolute atomic E-state index is 0.0675. The van der Waals surface area contributed by atoms with Crippen molar-refractivity contribution in [2.75, 3.05) is 6.79 Å². The molecule has 23 heavy (non-hydrogen) atoms. The summed E-state index contributed by atoms with van der Waals surface area (Å²) < 4.78 is 11.9. The number of rotatable bonds is 2. The van der Waals surface area contributed by atoms with Crippen LogP contribution in [0.3, 0.4) is 0 Å². The van der Waals surface area contributed by atoms with Gasteiger partial charge in [0.25, 0.3) is 5.56 Å². The molecule has 0 bridgehead atoms. The molecule has 1 N–H and O–H groups in total. The van der Waals surface area contributed by atoms with E-state index < -0.39 is 5.97 Å². The zero-order chi connectivity index (χ0) is 16.0. The van der Waals surface area contributed by atoms with E-state index in [9.17, 15) is 14.7 Å². The smallest absolute Gasteiger partial charge is 0.337 e. The zero-order valence-corrected chi connectivity index (χ0v) is 11.9. The van der Waals surface area contributed by atoms with Crippen LogP contribution in [0.25, 0.3) is 16.5 Å². The number of carboxylic acids is 1. The maximum Gasteiger partial charge on any atom is 0.337 e. The van der Waals surface area contributed by atoms with Gasteiger partial charge in [0.2, 0.25) is 6.79 Å². The molecule has 2 aromatic carbocycles. The summed E-state index contributed by atoms with van der Waals surface area (Å²) in [6, 6.07) is 11.7. The van der Waals surface area contributed by atoms with Crippen molar-refractivity contribution < 1.29 is 19.4 Å². The Morgan fingerprint density at radius 3 is 2.57 bits per heavy atom. The first-order chi connectivity index (χ1) is 11.1. The monoisotopic (exact) mass is 309 g/mol. The fourth-order valence-corrected chi connectivity index (χ4v) is 2.69. The Labute approximate surface area is 130 Å². The number of aromatic nitrogens is 1. The van der Waals surface area contributed by atoms with Crippen LogP contribution in [0.15, 0.2) is 53.5 Å². The first-order valence-electron chi connectivity index (χ1n) is 6.93. The average Bonchev–Trinajstić information content (AvgIpc) is 3.02. The Morgan fingerprint density at radius 1 is 1.04 bits per heavy atom. The molecule has 0 atom stereocenters. The lowest BCUT2D eigenvalue weighted by molar-refractivity contribution is 0.0698. The predicted octanol–water partition coefficient (Wildman–Crippen LogP) is 2.42. The van der Waals surface area contributed by atoms with Gasteiger partial charge in [0, 0.05) is 23.0 Å². The Morgan fingerprint density at radius 2 is 1.78 bits per heavy atom.